The number of carbonyl (C=O) groups is 1. The van der Waals surface area contributed by atoms with E-state index in [0.29, 0.717) is 10.7 Å². The zero-order valence-corrected chi connectivity index (χ0v) is 19.6. The molecule has 0 aliphatic heterocycles. The Balaban J connectivity index is 1.92. The van der Waals surface area contributed by atoms with Crippen LogP contribution in [0.4, 0.5) is 5.69 Å². The van der Waals surface area contributed by atoms with Crippen molar-refractivity contribution in [1.29, 1.82) is 0 Å². The number of aryl methyl sites for hydroxylation is 2. The third kappa shape index (κ3) is 5.88. The molecule has 0 aliphatic rings. The van der Waals surface area contributed by atoms with Crippen molar-refractivity contribution in [3.05, 3.63) is 88.4 Å². The van der Waals surface area contributed by atoms with Gasteiger partial charge in [-0.1, -0.05) is 54.1 Å². The van der Waals surface area contributed by atoms with Crippen LogP contribution >= 0.6 is 11.6 Å². The third-order valence-corrected chi connectivity index (χ3v) is 6.84. The minimum Gasteiger partial charge on any atom is -0.495 e. The number of benzene rings is 3. The summed E-state index contributed by atoms with van der Waals surface area (Å²) in [4.78, 5) is 13.1. The van der Waals surface area contributed by atoms with E-state index >= 15 is 0 Å². The summed E-state index contributed by atoms with van der Waals surface area (Å²) in [6.45, 7) is 3.64. The van der Waals surface area contributed by atoms with E-state index in [2.05, 4.69) is 10.0 Å². The topological polar surface area (TPSA) is 84.5 Å². The molecule has 3 aromatic rings. The second kappa shape index (κ2) is 10.2. The summed E-state index contributed by atoms with van der Waals surface area (Å²) in [5.74, 6) is -0.295. The van der Waals surface area contributed by atoms with Gasteiger partial charge in [-0.15, -0.1) is 0 Å². The van der Waals surface area contributed by atoms with E-state index in [-0.39, 0.29) is 17.1 Å². The fourth-order valence-electron chi connectivity index (χ4n) is 3.18. The predicted molar refractivity (Wildman–Crippen MR) is 127 cm³/mol. The maximum Gasteiger partial charge on any atom is 0.245 e. The minimum absolute atomic E-state index is 0.0238. The van der Waals surface area contributed by atoms with Gasteiger partial charge in [0.2, 0.25) is 15.9 Å². The van der Waals surface area contributed by atoms with Gasteiger partial charge in [0.25, 0.3) is 0 Å². The molecule has 0 radical (unpaired) electrons. The Labute approximate surface area is 193 Å². The standard InChI is InChI=1S/C24H25ClN2O4S/c1-16-9-12-22(31-3)23(13-16)32(29,30)27-21(14-18-7-5-4-6-8-18)24(28)26-19-11-10-17(2)20(25)15-19/h4-13,15,21,27H,14H2,1-3H3,(H,26,28)/t21-/m0/s1. The number of anilines is 1. The molecule has 2 N–H and O–H groups in total. The normalized spacial score (nSPS) is 12.2. The number of halogens is 1. The highest BCUT2D eigenvalue weighted by Gasteiger charge is 2.28. The maximum absolute atomic E-state index is 13.2. The van der Waals surface area contributed by atoms with Crippen molar-refractivity contribution in [3.63, 3.8) is 0 Å². The predicted octanol–water partition coefficient (Wildman–Crippen LogP) is 4.49. The SMILES string of the molecule is COc1ccc(C)cc1S(=O)(=O)N[C@@H](Cc1ccccc1)C(=O)Nc1ccc(C)c(Cl)c1. The van der Waals surface area contributed by atoms with E-state index in [4.69, 9.17) is 16.3 Å². The van der Waals surface area contributed by atoms with Gasteiger partial charge in [-0.3, -0.25) is 4.79 Å². The molecule has 0 fully saturated rings. The highest BCUT2D eigenvalue weighted by molar-refractivity contribution is 7.89. The molecule has 0 heterocycles. The lowest BCUT2D eigenvalue weighted by atomic mass is 10.1. The van der Waals surface area contributed by atoms with Crippen LogP contribution in [0.5, 0.6) is 5.75 Å². The summed E-state index contributed by atoms with van der Waals surface area (Å²) in [6.07, 6.45) is 0.166. The Bertz CT molecular complexity index is 1210. The summed E-state index contributed by atoms with van der Waals surface area (Å²) in [5.41, 5.74) is 2.92. The third-order valence-electron chi connectivity index (χ3n) is 4.94. The van der Waals surface area contributed by atoms with Gasteiger partial charge in [0.1, 0.15) is 16.7 Å². The Hall–Kier alpha value is -2.87. The lowest BCUT2D eigenvalue weighted by Gasteiger charge is -2.20. The smallest absolute Gasteiger partial charge is 0.245 e. The van der Waals surface area contributed by atoms with Crippen LogP contribution in [0.3, 0.4) is 0 Å². The van der Waals surface area contributed by atoms with Gasteiger partial charge >= 0.3 is 0 Å². The zero-order valence-electron chi connectivity index (χ0n) is 18.1. The number of hydrogen-bond acceptors (Lipinski definition) is 4. The summed E-state index contributed by atoms with van der Waals surface area (Å²) in [7, 11) is -2.66. The van der Waals surface area contributed by atoms with Crippen LogP contribution in [0.25, 0.3) is 0 Å². The molecule has 0 bridgehead atoms. The molecule has 6 nitrogen and oxygen atoms in total. The van der Waals surface area contributed by atoms with Crippen LogP contribution in [-0.2, 0) is 21.2 Å². The van der Waals surface area contributed by atoms with Crippen LogP contribution < -0.4 is 14.8 Å². The van der Waals surface area contributed by atoms with E-state index < -0.39 is 22.0 Å². The van der Waals surface area contributed by atoms with Crippen molar-refractivity contribution >= 4 is 33.2 Å². The molecule has 0 saturated heterocycles. The van der Waals surface area contributed by atoms with Crippen LogP contribution in [0.2, 0.25) is 5.02 Å². The summed E-state index contributed by atoms with van der Waals surface area (Å²) in [5, 5.41) is 3.27. The zero-order chi connectivity index (χ0) is 23.3. The molecular weight excluding hydrogens is 448 g/mol. The van der Waals surface area contributed by atoms with Crippen LogP contribution in [-0.4, -0.2) is 27.5 Å². The van der Waals surface area contributed by atoms with Gasteiger partial charge in [0.05, 0.1) is 7.11 Å². The Morgan fingerprint density at radius 3 is 2.41 bits per heavy atom. The molecule has 0 spiro atoms. The second-order valence-electron chi connectivity index (χ2n) is 7.47. The molecule has 0 unspecified atom stereocenters. The number of ether oxygens (including phenoxy) is 1. The van der Waals surface area contributed by atoms with Gasteiger partial charge < -0.3 is 10.1 Å². The molecule has 1 amide bonds. The van der Waals surface area contributed by atoms with E-state index in [1.807, 2.05) is 37.3 Å². The Morgan fingerprint density at radius 2 is 1.75 bits per heavy atom. The maximum atomic E-state index is 13.2. The number of carbonyl (C=O) groups excluding carboxylic acids is 1. The number of sulfonamides is 1. The van der Waals surface area contributed by atoms with E-state index in [1.54, 1.807) is 37.3 Å². The molecular formula is C24H25ClN2O4S. The first-order chi connectivity index (χ1) is 15.2. The first-order valence-electron chi connectivity index (χ1n) is 9.97. The number of hydrogen-bond donors (Lipinski definition) is 2. The number of nitrogens with one attached hydrogen (secondary N) is 2. The average molecular weight is 473 g/mol. The molecule has 3 rings (SSSR count). The average Bonchev–Trinajstić information content (AvgIpc) is 2.76. The van der Waals surface area contributed by atoms with Gasteiger partial charge in [-0.05, 0) is 61.2 Å². The molecule has 8 heteroatoms. The van der Waals surface area contributed by atoms with Crippen molar-refractivity contribution in [2.24, 2.45) is 0 Å². The summed E-state index contributed by atoms with van der Waals surface area (Å²) < 4.78 is 34.2. The van der Waals surface area contributed by atoms with Gasteiger partial charge in [0.15, 0.2) is 0 Å². The quantitative estimate of drug-likeness (QED) is 0.505. The molecule has 0 aliphatic carbocycles. The Kier molecular flexibility index (Phi) is 7.56. The van der Waals surface area contributed by atoms with Crippen molar-refractivity contribution in [3.8, 4) is 5.75 Å². The minimum atomic E-state index is -4.06. The van der Waals surface area contributed by atoms with Gasteiger partial charge in [-0.2, -0.15) is 4.72 Å². The molecule has 0 aromatic heterocycles. The van der Waals surface area contributed by atoms with Crippen LogP contribution in [0.1, 0.15) is 16.7 Å². The van der Waals surface area contributed by atoms with Crippen molar-refractivity contribution in [2.75, 3.05) is 12.4 Å². The molecule has 0 saturated carbocycles. The monoisotopic (exact) mass is 472 g/mol. The van der Waals surface area contributed by atoms with Crippen molar-refractivity contribution in [2.45, 2.75) is 31.2 Å². The first kappa shape index (κ1) is 23.8. The van der Waals surface area contributed by atoms with Crippen molar-refractivity contribution in [1.82, 2.24) is 4.72 Å². The fourth-order valence-corrected chi connectivity index (χ4v) is 4.81. The number of amides is 1. The molecule has 32 heavy (non-hydrogen) atoms. The lowest BCUT2D eigenvalue weighted by molar-refractivity contribution is -0.117. The van der Waals surface area contributed by atoms with E-state index in [9.17, 15) is 13.2 Å². The summed E-state index contributed by atoms with van der Waals surface area (Å²) in [6, 6.07) is 18.1. The lowest BCUT2D eigenvalue weighted by Crippen LogP contribution is -2.45. The fraction of sp³-hybridized carbons (Fsp3) is 0.208. The van der Waals surface area contributed by atoms with E-state index in [1.165, 1.54) is 13.2 Å². The van der Waals surface area contributed by atoms with Crippen LogP contribution in [0.15, 0.2) is 71.6 Å². The van der Waals surface area contributed by atoms with E-state index in [0.717, 1.165) is 16.7 Å². The highest BCUT2D eigenvalue weighted by atomic mass is 35.5. The van der Waals surface area contributed by atoms with Gasteiger partial charge in [-0.25, -0.2) is 8.42 Å². The first-order valence-corrected chi connectivity index (χ1v) is 11.8. The second-order valence-corrected chi connectivity index (χ2v) is 9.56. The molecule has 3 aromatic carbocycles. The highest BCUT2D eigenvalue weighted by Crippen LogP contribution is 2.25. The summed E-state index contributed by atoms with van der Waals surface area (Å²) >= 11 is 6.16. The Morgan fingerprint density at radius 1 is 1.03 bits per heavy atom. The largest absolute Gasteiger partial charge is 0.495 e. The van der Waals surface area contributed by atoms with Crippen LogP contribution in [0, 0.1) is 13.8 Å². The number of rotatable bonds is 8. The molecule has 168 valence electrons. The molecule has 1 atom stereocenters. The van der Waals surface area contributed by atoms with Gasteiger partial charge in [0, 0.05) is 10.7 Å². The number of methoxy groups -OCH3 is 1. The van der Waals surface area contributed by atoms with Crippen molar-refractivity contribution < 1.29 is 17.9 Å².